The second kappa shape index (κ2) is 7.53. The molecule has 3 nitrogen and oxygen atoms in total. The number of hydrogen-bond acceptors (Lipinski definition) is 3. The Morgan fingerprint density at radius 2 is 1.71 bits per heavy atom. The predicted molar refractivity (Wildman–Crippen MR) is 114 cm³/mol. The van der Waals surface area contributed by atoms with E-state index in [2.05, 4.69) is 29.2 Å². The van der Waals surface area contributed by atoms with E-state index >= 15 is 0 Å². The first-order chi connectivity index (χ1) is 13.5. The van der Waals surface area contributed by atoms with Gasteiger partial charge in [-0.2, -0.15) is 0 Å². The van der Waals surface area contributed by atoms with Crippen LogP contribution in [-0.4, -0.2) is 20.7 Å². The van der Waals surface area contributed by atoms with Crippen LogP contribution in [0.1, 0.15) is 26.0 Å². The second-order valence-corrected chi connectivity index (χ2v) is 7.68. The molecule has 3 heteroatoms. The number of benzene rings is 2. The zero-order valence-electron chi connectivity index (χ0n) is 16.2. The number of aryl methyl sites for hydroxylation is 1. The summed E-state index contributed by atoms with van der Waals surface area (Å²) in [6, 6.07) is 25.4. The van der Waals surface area contributed by atoms with Gasteiger partial charge in [0.25, 0.3) is 0 Å². The highest BCUT2D eigenvalue weighted by atomic mass is 16.3. The number of aromatic nitrogens is 2. The van der Waals surface area contributed by atoms with Gasteiger partial charge in [-0.05, 0) is 50.5 Å². The number of fused-ring (bicyclic) bond motifs is 1. The summed E-state index contributed by atoms with van der Waals surface area (Å²) in [5, 5.41) is 11.2. The molecule has 0 saturated heterocycles. The lowest BCUT2D eigenvalue weighted by atomic mass is 9.95. The van der Waals surface area contributed by atoms with Gasteiger partial charge < -0.3 is 5.11 Å². The maximum Gasteiger partial charge on any atom is 0.0788 e. The maximum atomic E-state index is 10.1. The van der Waals surface area contributed by atoms with Crippen molar-refractivity contribution in [3.05, 3.63) is 84.7 Å². The first kappa shape index (κ1) is 18.3. The van der Waals surface area contributed by atoms with Crippen molar-refractivity contribution in [2.24, 2.45) is 0 Å². The fourth-order valence-electron chi connectivity index (χ4n) is 3.38. The van der Waals surface area contributed by atoms with Gasteiger partial charge >= 0.3 is 0 Å². The summed E-state index contributed by atoms with van der Waals surface area (Å²) in [6.45, 7) is 3.66. The molecule has 2 aromatic carbocycles. The molecule has 2 heterocycles. The van der Waals surface area contributed by atoms with E-state index in [-0.39, 0.29) is 0 Å². The first-order valence-corrected chi connectivity index (χ1v) is 9.54. The monoisotopic (exact) mass is 367 g/mol. The van der Waals surface area contributed by atoms with Gasteiger partial charge in [0.2, 0.25) is 0 Å². The van der Waals surface area contributed by atoms with Crippen LogP contribution < -0.4 is 0 Å². The van der Waals surface area contributed by atoms with E-state index in [0.29, 0.717) is 12.8 Å². The van der Waals surface area contributed by atoms with Gasteiger partial charge in [-0.15, -0.1) is 0 Å². The molecule has 4 rings (SSSR count). The Kier molecular flexibility index (Phi) is 4.93. The lowest BCUT2D eigenvalue weighted by Gasteiger charge is -2.17. The molecule has 0 aliphatic rings. The molecular formula is C25H23N2O. The van der Waals surface area contributed by atoms with Crippen molar-refractivity contribution in [3.63, 3.8) is 0 Å². The van der Waals surface area contributed by atoms with Crippen molar-refractivity contribution in [3.8, 4) is 22.4 Å². The van der Waals surface area contributed by atoms with Crippen LogP contribution in [0, 0.1) is 6.07 Å². The zero-order chi connectivity index (χ0) is 19.6. The number of pyridine rings is 2. The largest absolute Gasteiger partial charge is 0.390 e. The molecule has 0 amide bonds. The molecule has 4 aromatic rings. The lowest BCUT2D eigenvalue weighted by Crippen LogP contribution is -2.19. The molecule has 0 saturated carbocycles. The van der Waals surface area contributed by atoms with Crippen LogP contribution in [0.15, 0.2) is 72.9 Å². The summed E-state index contributed by atoms with van der Waals surface area (Å²) in [5.74, 6) is 0. The van der Waals surface area contributed by atoms with Crippen LogP contribution in [0.3, 0.4) is 0 Å². The minimum atomic E-state index is -0.722. The highest BCUT2D eigenvalue weighted by molar-refractivity contribution is 5.92. The summed E-state index contributed by atoms with van der Waals surface area (Å²) in [4.78, 5) is 9.60. The minimum absolute atomic E-state index is 0.649. The molecule has 1 radical (unpaired) electrons. The highest BCUT2D eigenvalue weighted by Crippen LogP contribution is 2.34. The van der Waals surface area contributed by atoms with Crippen molar-refractivity contribution in [2.75, 3.05) is 0 Å². The van der Waals surface area contributed by atoms with Gasteiger partial charge in [0.15, 0.2) is 0 Å². The van der Waals surface area contributed by atoms with Gasteiger partial charge in [0.1, 0.15) is 0 Å². The molecule has 139 valence electrons. The number of nitrogens with zero attached hydrogens (tertiary/aromatic N) is 2. The summed E-state index contributed by atoms with van der Waals surface area (Å²) in [7, 11) is 0. The van der Waals surface area contributed by atoms with Crippen LogP contribution in [0.5, 0.6) is 0 Å². The van der Waals surface area contributed by atoms with Gasteiger partial charge in [-0.1, -0.05) is 54.6 Å². The first-order valence-electron chi connectivity index (χ1n) is 9.54. The zero-order valence-corrected chi connectivity index (χ0v) is 16.2. The molecule has 0 unspecified atom stereocenters. The van der Waals surface area contributed by atoms with E-state index in [1.54, 1.807) is 6.20 Å². The van der Waals surface area contributed by atoms with Crippen LogP contribution in [0.2, 0.25) is 0 Å². The van der Waals surface area contributed by atoms with Crippen molar-refractivity contribution in [1.29, 1.82) is 0 Å². The maximum absolute atomic E-state index is 10.1. The quantitative estimate of drug-likeness (QED) is 0.509. The van der Waals surface area contributed by atoms with Crippen molar-refractivity contribution < 1.29 is 5.11 Å². The Balaban J connectivity index is 1.92. The Morgan fingerprint density at radius 1 is 0.964 bits per heavy atom. The van der Waals surface area contributed by atoms with Gasteiger partial charge in [-0.3, -0.25) is 4.98 Å². The van der Waals surface area contributed by atoms with Gasteiger partial charge in [-0.25, -0.2) is 4.98 Å². The SMILES string of the molecule is CC(C)(O)CCc1nccc2nc(-c3cc[c]cc3)c(-c3ccccc3)cc12. The Bertz CT molecular complexity index is 1080. The molecule has 2 aromatic heterocycles. The van der Waals surface area contributed by atoms with E-state index in [1.807, 2.05) is 62.4 Å². The Labute approximate surface area is 165 Å². The lowest BCUT2D eigenvalue weighted by molar-refractivity contribution is 0.0712. The summed E-state index contributed by atoms with van der Waals surface area (Å²) < 4.78 is 0. The third-order valence-corrected chi connectivity index (χ3v) is 4.88. The van der Waals surface area contributed by atoms with E-state index in [4.69, 9.17) is 4.98 Å². The number of aliphatic hydroxyl groups is 1. The molecule has 0 aliphatic heterocycles. The Hall–Kier alpha value is -3.04. The molecular weight excluding hydrogens is 344 g/mol. The average molecular weight is 367 g/mol. The van der Waals surface area contributed by atoms with Gasteiger partial charge in [0.05, 0.1) is 16.8 Å². The summed E-state index contributed by atoms with van der Waals surface area (Å²) >= 11 is 0. The van der Waals surface area contributed by atoms with Crippen LogP contribution in [0.4, 0.5) is 0 Å². The standard InChI is InChI=1S/C25H23N2O/c1-25(2,28)15-13-22-21-17-20(18-9-5-3-6-10-18)24(19-11-7-4-8-12-19)27-23(21)14-16-26-22/h3,5-12,14,16-17,28H,13,15H2,1-2H3. The normalized spacial score (nSPS) is 11.7. The van der Waals surface area contributed by atoms with E-state index in [0.717, 1.165) is 39.0 Å². The molecule has 1 N–H and O–H groups in total. The van der Waals surface area contributed by atoms with Crippen molar-refractivity contribution in [1.82, 2.24) is 9.97 Å². The molecule has 28 heavy (non-hydrogen) atoms. The fraction of sp³-hybridized carbons (Fsp3) is 0.200. The smallest absolute Gasteiger partial charge is 0.0788 e. The third-order valence-electron chi connectivity index (χ3n) is 4.88. The van der Waals surface area contributed by atoms with E-state index in [9.17, 15) is 5.11 Å². The van der Waals surface area contributed by atoms with Crippen LogP contribution in [-0.2, 0) is 6.42 Å². The molecule has 0 spiro atoms. The molecule has 0 fully saturated rings. The number of rotatable bonds is 5. The van der Waals surface area contributed by atoms with Crippen LogP contribution in [0.25, 0.3) is 33.3 Å². The average Bonchev–Trinajstić information content (AvgIpc) is 2.72. The minimum Gasteiger partial charge on any atom is -0.390 e. The third kappa shape index (κ3) is 3.95. The molecule has 0 aliphatic carbocycles. The number of hydrogen-bond donors (Lipinski definition) is 1. The summed E-state index contributed by atoms with van der Waals surface area (Å²) in [5.41, 5.74) is 5.39. The Morgan fingerprint density at radius 3 is 2.43 bits per heavy atom. The van der Waals surface area contributed by atoms with Crippen molar-refractivity contribution in [2.45, 2.75) is 32.3 Å². The van der Waals surface area contributed by atoms with Gasteiger partial charge in [0, 0.05) is 28.4 Å². The predicted octanol–water partition coefficient (Wildman–Crippen LogP) is 5.47. The summed E-state index contributed by atoms with van der Waals surface area (Å²) in [6.07, 6.45) is 3.16. The van der Waals surface area contributed by atoms with E-state index < -0.39 is 5.60 Å². The fourth-order valence-corrected chi connectivity index (χ4v) is 3.38. The van der Waals surface area contributed by atoms with E-state index in [1.165, 1.54) is 0 Å². The highest BCUT2D eigenvalue weighted by Gasteiger charge is 2.16. The van der Waals surface area contributed by atoms with Crippen LogP contribution >= 0.6 is 0 Å². The molecule has 0 atom stereocenters. The molecule has 0 bridgehead atoms. The van der Waals surface area contributed by atoms with Crippen molar-refractivity contribution >= 4 is 10.9 Å². The second-order valence-electron chi connectivity index (χ2n) is 7.68. The topological polar surface area (TPSA) is 46.0 Å².